The Hall–Kier alpha value is -4.34. The number of ether oxygens (including phenoxy) is 9. The molecule has 0 radical (unpaired) electrons. The van der Waals surface area contributed by atoms with Crippen molar-refractivity contribution in [3.8, 4) is 5.75 Å². The van der Waals surface area contributed by atoms with Gasteiger partial charge in [-0.2, -0.15) is 8.42 Å². The molecule has 18 atom stereocenters. The van der Waals surface area contributed by atoms with Gasteiger partial charge in [0.25, 0.3) is 10.1 Å². The van der Waals surface area contributed by atoms with E-state index in [4.69, 9.17) is 46.8 Å². The Balaban J connectivity index is 1.21. The maximum atomic E-state index is 14.7. The maximum absolute atomic E-state index is 14.7. The minimum atomic E-state index is -4.25. The highest BCUT2D eigenvalue weighted by atomic mass is 32.2. The topological polar surface area (TPSA) is 293 Å². The highest BCUT2D eigenvalue weighted by molar-refractivity contribution is 7.86. The van der Waals surface area contributed by atoms with E-state index in [2.05, 4.69) is 5.32 Å². The van der Waals surface area contributed by atoms with Crippen LogP contribution in [0.1, 0.15) is 112 Å². The zero-order valence-electron chi connectivity index (χ0n) is 47.4. The van der Waals surface area contributed by atoms with Crippen LogP contribution < -0.4 is 15.5 Å². The second kappa shape index (κ2) is 25.2. The number of cyclic esters (lactones) is 1. The van der Waals surface area contributed by atoms with Gasteiger partial charge < -0.3 is 72.7 Å². The van der Waals surface area contributed by atoms with Crippen molar-refractivity contribution >= 4 is 44.9 Å². The predicted octanol–water partition coefficient (Wildman–Crippen LogP) is 4.02. The van der Waals surface area contributed by atoms with Crippen LogP contribution in [0, 0.1) is 23.7 Å². The van der Waals surface area contributed by atoms with Gasteiger partial charge in [-0.15, -0.1) is 0 Å². The number of aromatic carboxylic acids is 1. The smallest absolute Gasteiger partial charge is 0.492 e. The van der Waals surface area contributed by atoms with Crippen LogP contribution in [0.25, 0.3) is 10.9 Å². The summed E-state index contributed by atoms with van der Waals surface area (Å²) in [5, 5.41) is 37.2. The molecule has 2 aromatic rings. The first-order valence-electron chi connectivity index (χ1n) is 26.9. The SMILES string of the molecule is CC[C@H]1OC(=O)[C@H](C)[C@@H](O[C@H]2C[C@@](C)(OC)[C@@H](OS(=O)(=O)CCNCCOc3ccc4c(=O)c(C(=O)O)cn(CC)c4c3)[C@H](C)O2)[C@H](C)[C@@H](O[C@@H]2O[C@H](C)C[C@H](N(C)C)[C@H]2O)[C@](C)(O)C[C@@H](C)C(=O)[C@H](C)[C@H]2OC(=O)O[C@@]21C. The van der Waals surface area contributed by atoms with E-state index in [9.17, 15) is 47.7 Å². The second-order valence-electron chi connectivity index (χ2n) is 22.4. The molecular formula is C54H83N3O20S. The number of carboxylic acids is 1. The summed E-state index contributed by atoms with van der Waals surface area (Å²) in [6.45, 7) is 19.0. The summed E-state index contributed by atoms with van der Waals surface area (Å²) < 4.78 is 90.5. The van der Waals surface area contributed by atoms with Gasteiger partial charge in [0.1, 0.15) is 42.0 Å². The Morgan fingerprint density at radius 2 is 1.63 bits per heavy atom. The molecule has 1 aromatic carbocycles. The number of hydrogen-bond donors (Lipinski definition) is 4. The fourth-order valence-corrected chi connectivity index (χ4v) is 13.0. The van der Waals surface area contributed by atoms with Crippen LogP contribution in [-0.4, -0.2) is 188 Å². The van der Waals surface area contributed by atoms with E-state index in [1.165, 1.54) is 26.3 Å². The molecule has 0 aliphatic carbocycles. The van der Waals surface area contributed by atoms with Gasteiger partial charge >= 0.3 is 18.1 Å². The third-order valence-corrected chi connectivity index (χ3v) is 17.4. The zero-order chi connectivity index (χ0) is 58.0. The van der Waals surface area contributed by atoms with Gasteiger partial charge in [-0.1, -0.05) is 27.7 Å². The van der Waals surface area contributed by atoms with Crippen LogP contribution in [0.15, 0.2) is 29.2 Å². The lowest BCUT2D eigenvalue weighted by Crippen LogP contribution is -2.61. The lowest BCUT2D eigenvalue weighted by Gasteiger charge is -2.49. The molecule has 4 aliphatic rings. The summed E-state index contributed by atoms with van der Waals surface area (Å²) in [5.74, 6) is -6.47. The van der Waals surface area contributed by atoms with Gasteiger partial charge in [0.05, 0.1) is 58.7 Å². The zero-order valence-corrected chi connectivity index (χ0v) is 48.2. The van der Waals surface area contributed by atoms with E-state index in [1.54, 1.807) is 72.1 Å². The molecule has 4 fully saturated rings. The summed E-state index contributed by atoms with van der Waals surface area (Å²) >= 11 is 0. The number of aryl methyl sites for hydroxylation is 1. The molecule has 440 valence electrons. The summed E-state index contributed by atoms with van der Waals surface area (Å²) in [6.07, 6.45) is -10.5. The molecule has 1 aromatic heterocycles. The third kappa shape index (κ3) is 13.7. The Morgan fingerprint density at radius 1 is 0.936 bits per heavy atom. The van der Waals surface area contributed by atoms with Crippen molar-refractivity contribution < 1.29 is 89.7 Å². The number of methoxy groups -OCH3 is 1. The van der Waals surface area contributed by atoms with Crippen LogP contribution >= 0.6 is 0 Å². The van der Waals surface area contributed by atoms with E-state index in [0.29, 0.717) is 24.2 Å². The van der Waals surface area contributed by atoms with E-state index < -0.39 is 141 Å². The molecule has 78 heavy (non-hydrogen) atoms. The minimum absolute atomic E-state index is 0.0214. The fraction of sp³-hybridized carbons (Fsp3) is 0.759. The number of aromatic nitrogens is 1. The monoisotopic (exact) mass is 1130 g/mol. The minimum Gasteiger partial charge on any atom is -0.492 e. The molecule has 0 bridgehead atoms. The average Bonchev–Trinajstić information content (AvgIpc) is 3.74. The maximum Gasteiger partial charge on any atom is 0.509 e. The number of esters is 1. The normalized spacial score (nSPS) is 37.3. The van der Waals surface area contributed by atoms with E-state index in [1.807, 2.05) is 32.8 Å². The molecule has 4 N–H and O–H groups in total. The molecule has 0 spiro atoms. The first-order valence-corrected chi connectivity index (χ1v) is 28.5. The molecule has 4 saturated heterocycles. The van der Waals surface area contributed by atoms with Crippen LogP contribution in [0.5, 0.6) is 5.75 Å². The number of carbonyl (C=O) groups is 4. The molecule has 0 saturated carbocycles. The van der Waals surface area contributed by atoms with Gasteiger partial charge in [-0.05, 0) is 94.0 Å². The quantitative estimate of drug-likeness (QED) is 0.0931. The number of aliphatic hydroxyl groups excluding tert-OH is 1. The Labute approximate surface area is 456 Å². The van der Waals surface area contributed by atoms with Crippen LogP contribution in [0.2, 0.25) is 0 Å². The average molecular weight is 1130 g/mol. The highest BCUT2D eigenvalue weighted by Crippen LogP contribution is 2.44. The first kappa shape index (κ1) is 62.9. The van der Waals surface area contributed by atoms with Crippen molar-refractivity contribution in [2.45, 2.75) is 193 Å². The Morgan fingerprint density at radius 3 is 2.26 bits per heavy atom. The number of carbonyl (C=O) groups excluding carboxylic acids is 3. The lowest BCUT2D eigenvalue weighted by molar-refractivity contribution is -0.316. The number of likely N-dealkylation sites (N-methyl/N-ethyl adjacent to an activating group) is 1. The number of benzene rings is 1. The van der Waals surface area contributed by atoms with Crippen LogP contribution in [0.4, 0.5) is 4.79 Å². The van der Waals surface area contributed by atoms with Gasteiger partial charge in [0.2, 0.25) is 5.43 Å². The number of carboxylic acid groups (broad SMARTS) is 1. The number of nitrogens with zero attached hydrogens (tertiary/aromatic N) is 2. The summed E-state index contributed by atoms with van der Waals surface area (Å²) in [5.41, 5.74) is -5.29. The van der Waals surface area contributed by atoms with Crippen molar-refractivity contribution in [1.82, 2.24) is 14.8 Å². The van der Waals surface area contributed by atoms with Crippen LogP contribution in [0.3, 0.4) is 0 Å². The van der Waals surface area contributed by atoms with Crippen molar-refractivity contribution in [1.29, 1.82) is 0 Å². The number of ketones is 1. The van der Waals surface area contributed by atoms with Crippen molar-refractivity contribution in [3.63, 3.8) is 0 Å². The number of rotatable bonds is 18. The Kier molecular flexibility index (Phi) is 20.3. The largest absolute Gasteiger partial charge is 0.509 e. The predicted molar refractivity (Wildman–Crippen MR) is 281 cm³/mol. The van der Waals surface area contributed by atoms with E-state index >= 15 is 0 Å². The highest BCUT2D eigenvalue weighted by Gasteiger charge is 2.59. The van der Waals surface area contributed by atoms with E-state index in [0.717, 1.165) is 0 Å². The number of fused-ring (bicyclic) bond motifs is 2. The number of aliphatic hydroxyl groups is 2. The number of nitrogens with one attached hydrogen (secondary N) is 1. The van der Waals surface area contributed by atoms with Crippen molar-refractivity contribution in [3.05, 3.63) is 40.2 Å². The van der Waals surface area contributed by atoms with Gasteiger partial charge in [0, 0.05) is 68.7 Å². The number of hydrogen-bond acceptors (Lipinski definition) is 21. The first-order chi connectivity index (χ1) is 36.4. The van der Waals surface area contributed by atoms with E-state index in [-0.39, 0.29) is 61.8 Å². The summed E-state index contributed by atoms with van der Waals surface area (Å²) in [7, 11) is 0.793. The van der Waals surface area contributed by atoms with Crippen molar-refractivity contribution in [2.75, 3.05) is 46.7 Å². The Bertz CT molecular complexity index is 2630. The number of pyridine rings is 1. The second-order valence-corrected chi connectivity index (χ2v) is 24.2. The third-order valence-electron chi connectivity index (χ3n) is 16.2. The summed E-state index contributed by atoms with van der Waals surface area (Å²) in [6, 6.07) is 4.31. The molecule has 6 rings (SSSR count). The molecule has 23 nitrogen and oxygen atoms in total. The van der Waals surface area contributed by atoms with Crippen LogP contribution in [-0.2, 0) is 68.3 Å². The standard InChI is InChI=1S/C54H83N3O20S/c1-15-39-54(11)46(75-51(64)76-54)30(5)41(58)28(3)25-52(9,65)45(74-50-43(60)38(56(12)13)23-29(4)70-50)31(6)44(32(7)49(63)72-39)73-40-26-53(10,68-14)47(33(8)71-40)77-78(66,67)22-20-55-19-21-69-34-17-18-35-37(24-34)57(16-2)27-36(42(35)59)48(61)62/h17-18,24,27-33,38-40,43-47,50,55,60,65H,15-16,19-23,25-26H2,1-14H3,(H,61,62)/t28-,29-,30+,31+,32-,33+,38+,39-,40+,43-,44+,45-,46-,47+,50+,52-,53-,54-/m1/s1. The van der Waals surface area contributed by atoms with Gasteiger partial charge in [-0.3, -0.25) is 18.6 Å². The molecule has 0 unspecified atom stereocenters. The fourth-order valence-electron chi connectivity index (χ4n) is 11.8. The lowest BCUT2D eigenvalue weighted by atomic mass is 9.74. The summed E-state index contributed by atoms with van der Waals surface area (Å²) in [4.78, 5) is 68.1. The molecule has 24 heteroatoms. The van der Waals surface area contributed by atoms with Gasteiger partial charge in [-0.25, -0.2) is 9.59 Å². The molecule has 4 aliphatic heterocycles. The van der Waals surface area contributed by atoms with Crippen molar-refractivity contribution in [2.24, 2.45) is 23.7 Å². The molecular weight excluding hydrogens is 1040 g/mol. The van der Waals surface area contributed by atoms with Gasteiger partial charge in [0.15, 0.2) is 24.3 Å². The molecule has 5 heterocycles. The number of Topliss-reactive ketones (excluding diaryl/α,β-unsaturated/α-hetero) is 1. The molecule has 0 amide bonds.